The minimum absolute atomic E-state index is 0.0877. The van der Waals surface area contributed by atoms with Crippen LogP contribution in [0, 0.1) is 13.8 Å². The Morgan fingerprint density at radius 3 is 2.39 bits per heavy atom. The Bertz CT molecular complexity index is 676. The third kappa shape index (κ3) is 5.24. The summed E-state index contributed by atoms with van der Waals surface area (Å²) < 4.78 is 0. The molecule has 0 saturated carbocycles. The summed E-state index contributed by atoms with van der Waals surface area (Å²) in [7, 11) is 1.90. The van der Waals surface area contributed by atoms with Crippen LogP contribution in [0.5, 0.6) is 0 Å². The van der Waals surface area contributed by atoms with Crippen LogP contribution in [-0.2, 0) is 11.3 Å². The van der Waals surface area contributed by atoms with Crippen LogP contribution in [0.25, 0.3) is 0 Å². The molecule has 0 aliphatic rings. The number of rotatable bonds is 5. The van der Waals surface area contributed by atoms with Crippen molar-refractivity contribution < 1.29 is 4.79 Å². The normalized spacial score (nSPS) is 10.9. The van der Waals surface area contributed by atoms with Gasteiger partial charge < -0.3 is 5.32 Å². The average molecular weight is 351 g/mol. The van der Waals surface area contributed by atoms with Gasteiger partial charge in [0.2, 0.25) is 5.91 Å². The Kier molecular flexibility index (Phi) is 6.05. The molecule has 0 unspecified atom stereocenters. The van der Waals surface area contributed by atoms with Gasteiger partial charge in [-0.25, -0.2) is 0 Å². The number of carbonyl (C=O) groups is 1. The summed E-state index contributed by atoms with van der Waals surface area (Å²) in [6.07, 6.45) is 0. The van der Waals surface area contributed by atoms with Crippen molar-refractivity contribution in [2.24, 2.45) is 0 Å². The minimum Gasteiger partial charge on any atom is -0.323 e. The highest BCUT2D eigenvalue weighted by Gasteiger charge is 2.12. The first kappa shape index (κ1) is 17.8. The molecule has 1 amide bonds. The van der Waals surface area contributed by atoms with Crippen molar-refractivity contribution in [1.29, 1.82) is 0 Å². The first-order valence-corrected chi connectivity index (χ1v) is 8.10. The zero-order chi connectivity index (χ0) is 17.0. The lowest BCUT2D eigenvalue weighted by atomic mass is 10.1. The molecule has 23 heavy (non-hydrogen) atoms. The Hall–Kier alpha value is -1.55. The summed E-state index contributed by atoms with van der Waals surface area (Å²) in [6, 6.07) is 11.5. The molecule has 0 aliphatic carbocycles. The van der Waals surface area contributed by atoms with E-state index in [2.05, 4.69) is 5.32 Å². The largest absolute Gasteiger partial charge is 0.323 e. The summed E-state index contributed by atoms with van der Waals surface area (Å²) >= 11 is 12.1. The van der Waals surface area contributed by atoms with Crippen LogP contribution < -0.4 is 5.32 Å². The van der Waals surface area contributed by atoms with Crippen LogP contribution in [0.1, 0.15) is 16.7 Å². The van der Waals surface area contributed by atoms with Gasteiger partial charge in [0, 0.05) is 11.6 Å². The van der Waals surface area contributed by atoms with E-state index in [1.807, 2.05) is 62.2 Å². The second-order valence-electron chi connectivity index (χ2n) is 5.79. The van der Waals surface area contributed by atoms with Crippen LogP contribution in [0.4, 0.5) is 5.69 Å². The van der Waals surface area contributed by atoms with Crippen molar-refractivity contribution in [1.82, 2.24) is 4.90 Å². The number of nitrogens with zero attached hydrogens (tertiary/aromatic N) is 1. The highest BCUT2D eigenvalue weighted by atomic mass is 35.5. The lowest BCUT2D eigenvalue weighted by molar-refractivity contribution is -0.117. The van der Waals surface area contributed by atoms with E-state index in [4.69, 9.17) is 23.2 Å². The fraction of sp³-hybridized carbons (Fsp3) is 0.278. The SMILES string of the molecule is Cc1cc(C)c(NC(=O)CN(C)Cc2ccc(Cl)cc2)c(Cl)c1. The number of benzene rings is 2. The minimum atomic E-state index is -0.0877. The van der Waals surface area contributed by atoms with Gasteiger partial charge >= 0.3 is 0 Å². The molecule has 0 aromatic heterocycles. The third-order valence-corrected chi connectivity index (χ3v) is 4.03. The first-order valence-electron chi connectivity index (χ1n) is 7.34. The van der Waals surface area contributed by atoms with Crippen molar-refractivity contribution in [2.45, 2.75) is 20.4 Å². The maximum absolute atomic E-state index is 12.2. The van der Waals surface area contributed by atoms with Gasteiger partial charge in [-0.3, -0.25) is 9.69 Å². The number of likely N-dealkylation sites (N-methyl/N-ethyl adjacent to an activating group) is 1. The molecule has 122 valence electrons. The molecule has 0 radical (unpaired) electrons. The lowest BCUT2D eigenvalue weighted by Gasteiger charge is -2.18. The molecule has 2 aromatic rings. The predicted octanol–water partition coefficient (Wildman–Crippen LogP) is 4.68. The van der Waals surface area contributed by atoms with Crippen LogP contribution in [0.2, 0.25) is 10.0 Å². The molecule has 0 bridgehead atoms. The van der Waals surface area contributed by atoms with Gasteiger partial charge in [0.05, 0.1) is 17.3 Å². The summed E-state index contributed by atoms with van der Waals surface area (Å²) in [4.78, 5) is 14.2. The molecule has 1 N–H and O–H groups in total. The molecular weight excluding hydrogens is 331 g/mol. The van der Waals surface area contributed by atoms with E-state index in [1.54, 1.807) is 0 Å². The van der Waals surface area contributed by atoms with Crippen LogP contribution in [0.3, 0.4) is 0 Å². The van der Waals surface area contributed by atoms with Crippen LogP contribution in [0.15, 0.2) is 36.4 Å². The quantitative estimate of drug-likeness (QED) is 0.848. The van der Waals surface area contributed by atoms with E-state index in [-0.39, 0.29) is 12.5 Å². The highest BCUT2D eigenvalue weighted by Crippen LogP contribution is 2.27. The second-order valence-corrected chi connectivity index (χ2v) is 6.63. The summed E-state index contributed by atoms with van der Waals surface area (Å²) in [5, 5.41) is 4.17. The summed E-state index contributed by atoms with van der Waals surface area (Å²) in [5.74, 6) is -0.0877. The Morgan fingerprint density at radius 2 is 1.78 bits per heavy atom. The third-order valence-electron chi connectivity index (χ3n) is 3.48. The van der Waals surface area contributed by atoms with Gasteiger partial charge in [-0.1, -0.05) is 41.4 Å². The van der Waals surface area contributed by atoms with Crippen LogP contribution in [-0.4, -0.2) is 24.4 Å². The molecule has 0 atom stereocenters. The number of anilines is 1. The number of carbonyl (C=O) groups excluding carboxylic acids is 1. The topological polar surface area (TPSA) is 32.3 Å². The van der Waals surface area contributed by atoms with E-state index < -0.39 is 0 Å². The summed E-state index contributed by atoms with van der Waals surface area (Å²) in [5.41, 5.74) is 3.82. The first-order chi connectivity index (χ1) is 10.8. The van der Waals surface area contributed by atoms with Crippen molar-refractivity contribution in [3.05, 3.63) is 63.1 Å². The molecule has 0 spiro atoms. The molecule has 0 heterocycles. The van der Waals surface area contributed by atoms with Crippen LogP contribution >= 0.6 is 23.2 Å². The lowest BCUT2D eigenvalue weighted by Crippen LogP contribution is -2.30. The zero-order valence-corrected chi connectivity index (χ0v) is 15.0. The maximum Gasteiger partial charge on any atom is 0.238 e. The fourth-order valence-corrected chi connectivity index (χ4v) is 2.95. The van der Waals surface area contributed by atoms with Gasteiger partial charge in [0.1, 0.15) is 0 Å². The smallest absolute Gasteiger partial charge is 0.238 e. The van der Waals surface area contributed by atoms with E-state index >= 15 is 0 Å². The van der Waals surface area contributed by atoms with Gasteiger partial charge in [-0.15, -0.1) is 0 Å². The monoisotopic (exact) mass is 350 g/mol. The molecule has 2 aromatic carbocycles. The van der Waals surface area contributed by atoms with E-state index in [1.165, 1.54) is 0 Å². The zero-order valence-electron chi connectivity index (χ0n) is 13.5. The molecule has 0 saturated heterocycles. The van der Waals surface area contributed by atoms with Crippen molar-refractivity contribution in [2.75, 3.05) is 18.9 Å². The fourth-order valence-electron chi connectivity index (χ4n) is 2.46. The van der Waals surface area contributed by atoms with Gasteiger partial charge in [0.25, 0.3) is 0 Å². The van der Waals surface area contributed by atoms with Crippen molar-refractivity contribution in [3.8, 4) is 0 Å². The van der Waals surface area contributed by atoms with E-state index in [9.17, 15) is 4.79 Å². The number of hydrogen-bond donors (Lipinski definition) is 1. The molecule has 3 nitrogen and oxygen atoms in total. The molecular formula is C18H20Cl2N2O. The standard InChI is InChI=1S/C18H20Cl2N2O/c1-12-8-13(2)18(16(20)9-12)21-17(23)11-22(3)10-14-4-6-15(19)7-5-14/h4-9H,10-11H2,1-3H3,(H,21,23). The van der Waals surface area contributed by atoms with E-state index in [0.717, 1.165) is 16.7 Å². The summed E-state index contributed by atoms with van der Waals surface area (Å²) in [6.45, 7) is 4.87. The number of aryl methyl sites for hydroxylation is 2. The molecule has 2 rings (SSSR count). The molecule has 0 fully saturated rings. The van der Waals surface area contributed by atoms with Crippen molar-refractivity contribution >= 4 is 34.8 Å². The Balaban J connectivity index is 1.95. The Labute approximate surface area is 147 Å². The van der Waals surface area contributed by atoms with Gasteiger partial charge in [0.15, 0.2) is 0 Å². The number of amides is 1. The number of nitrogens with one attached hydrogen (secondary N) is 1. The molecule has 5 heteroatoms. The number of hydrogen-bond acceptors (Lipinski definition) is 2. The predicted molar refractivity (Wildman–Crippen MR) is 97.3 cm³/mol. The number of halogens is 2. The van der Waals surface area contributed by atoms with Gasteiger partial charge in [-0.2, -0.15) is 0 Å². The maximum atomic E-state index is 12.2. The second kappa shape index (κ2) is 7.82. The Morgan fingerprint density at radius 1 is 1.13 bits per heavy atom. The molecule has 0 aliphatic heterocycles. The van der Waals surface area contributed by atoms with Gasteiger partial charge in [-0.05, 0) is 55.8 Å². The van der Waals surface area contributed by atoms with E-state index in [0.29, 0.717) is 22.3 Å². The average Bonchev–Trinajstić information content (AvgIpc) is 2.45. The van der Waals surface area contributed by atoms with Crippen molar-refractivity contribution in [3.63, 3.8) is 0 Å². The highest BCUT2D eigenvalue weighted by molar-refractivity contribution is 6.34.